The normalized spacial score (nSPS) is 14.6. The van der Waals surface area contributed by atoms with E-state index in [2.05, 4.69) is 10.6 Å². The molecule has 0 atom stereocenters. The molecule has 3 rings (SSSR count). The van der Waals surface area contributed by atoms with Crippen molar-refractivity contribution in [3.8, 4) is 5.75 Å². The van der Waals surface area contributed by atoms with Crippen LogP contribution in [0.1, 0.15) is 36.0 Å². The number of nitrogens with zero attached hydrogens (tertiary/aromatic N) is 1. The summed E-state index contributed by atoms with van der Waals surface area (Å²) in [5, 5.41) is 5.65. The second-order valence-electron chi connectivity index (χ2n) is 7.36. The maximum absolute atomic E-state index is 12.9. The fourth-order valence-corrected chi connectivity index (χ4v) is 5.21. The zero-order valence-electron chi connectivity index (χ0n) is 17.8. The highest BCUT2D eigenvalue weighted by molar-refractivity contribution is 7.89. The quantitative estimate of drug-likeness (QED) is 0.604. The average molecular weight is 480 g/mol. The first kappa shape index (κ1) is 24.0. The molecule has 8 nitrogen and oxygen atoms in total. The van der Waals surface area contributed by atoms with Crippen molar-refractivity contribution in [2.45, 2.75) is 30.6 Å². The number of nitrogens with one attached hydrogen (secondary N) is 2. The van der Waals surface area contributed by atoms with E-state index in [1.54, 1.807) is 24.3 Å². The summed E-state index contributed by atoms with van der Waals surface area (Å²) in [4.78, 5) is 24.7. The van der Waals surface area contributed by atoms with Gasteiger partial charge < -0.3 is 15.4 Å². The second kappa shape index (κ2) is 10.8. The van der Waals surface area contributed by atoms with Crippen molar-refractivity contribution in [1.29, 1.82) is 0 Å². The number of sulfonamides is 1. The van der Waals surface area contributed by atoms with Crippen molar-refractivity contribution < 1.29 is 22.7 Å². The Balaban J connectivity index is 1.64. The largest absolute Gasteiger partial charge is 0.495 e. The molecule has 10 heteroatoms. The summed E-state index contributed by atoms with van der Waals surface area (Å²) in [6.45, 7) is 1.06. The molecule has 2 amide bonds. The van der Waals surface area contributed by atoms with Crippen LogP contribution in [0.3, 0.4) is 0 Å². The van der Waals surface area contributed by atoms with Gasteiger partial charge in [0.05, 0.1) is 28.3 Å². The van der Waals surface area contributed by atoms with Gasteiger partial charge in [0, 0.05) is 26.1 Å². The Kier molecular flexibility index (Phi) is 8.11. The van der Waals surface area contributed by atoms with Gasteiger partial charge in [-0.15, -0.1) is 0 Å². The van der Waals surface area contributed by atoms with Crippen LogP contribution in [0.25, 0.3) is 0 Å². The molecule has 1 aliphatic rings. The van der Waals surface area contributed by atoms with E-state index in [-0.39, 0.29) is 29.5 Å². The van der Waals surface area contributed by atoms with Crippen molar-refractivity contribution in [3.05, 3.63) is 53.1 Å². The molecule has 32 heavy (non-hydrogen) atoms. The maximum atomic E-state index is 12.9. The molecular weight excluding hydrogens is 454 g/mol. The minimum Gasteiger partial charge on any atom is -0.495 e. The third-order valence-electron chi connectivity index (χ3n) is 5.15. The molecule has 2 aromatic rings. The Morgan fingerprint density at radius 3 is 2.50 bits per heavy atom. The number of piperidine rings is 1. The Bertz CT molecular complexity index is 1080. The van der Waals surface area contributed by atoms with Crippen LogP contribution in [0.4, 0.5) is 5.69 Å². The number of benzene rings is 2. The molecular formula is C22H26ClN3O5S. The van der Waals surface area contributed by atoms with Crippen molar-refractivity contribution in [1.82, 2.24) is 9.62 Å². The van der Waals surface area contributed by atoms with Crippen LogP contribution in [0.2, 0.25) is 5.02 Å². The van der Waals surface area contributed by atoms with E-state index in [0.29, 0.717) is 29.4 Å². The van der Waals surface area contributed by atoms with Crippen LogP contribution >= 0.6 is 11.6 Å². The van der Waals surface area contributed by atoms with Gasteiger partial charge in [-0.1, -0.05) is 30.2 Å². The van der Waals surface area contributed by atoms with Gasteiger partial charge in [-0.2, -0.15) is 4.31 Å². The highest BCUT2D eigenvalue weighted by Crippen LogP contribution is 2.30. The van der Waals surface area contributed by atoms with Gasteiger partial charge in [0.1, 0.15) is 5.75 Å². The highest BCUT2D eigenvalue weighted by Gasteiger charge is 2.27. The molecule has 0 spiro atoms. The molecule has 0 bridgehead atoms. The van der Waals surface area contributed by atoms with Crippen molar-refractivity contribution in [2.75, 3.05) is 32.1 Å². The van der Waals surface area contributed by atoms with Gasteiger partial charge >= 0.3 is 0 Å². The number of ether oxygens (including phenoxy) is 1. The van der Waals surface area contributed by atoms with Gasteiger partial charge in [-0.05, 0) is 43.2 Å². The van der Waals surface area contributed by atoms with Gasteiger partial charge in [0.2, 0.25) is 15.9 Å². The van der Waals surface area contributed by atoms with E-state index in [4.69, 9.17) is 16.3 Å². The molecule has 1 heterocycles. The van der Waals surface area contributed by atoms with E-state index in [1.807, 2.05) is 0 Å². The van der Waals surface area contributed by atoms with E-state index in [1.165, 1.54) is 29.6 Å². The summed E-state index contributed by atoms with van der Waals surface area (Å²) >= 11 is 6.00. The Morgan fingerprint density at radius 2 is 1.81 bits per heavy atom. The summed E-state index contributed by atoms with van der Waals surface area (Å²) < 4.78 is 32.6. The fraction of sp³-hybridized carbons (Fsp3) is 0.364. The number of carbonyl (C=O) groups is 2. The molecule has 2 aromatic carbocycles. The first-order valence-corrected chi connectivity index (χ1v) is 12.2. The summed E-state index contributed by atoms with van der Waals surface area (Å²) in [6, 6.07) is 11.0. The van der Waals surface area contributed by atoms with Crippen LogP contribution in [0.5, 0.6) is 5.75 Å². The predicted molar refractivity (Wildman–Crippen MR) is 123 cm³/mol. The monoisotopic (exact) mass is 479 g/mol. The number of rotatable bonds is 8. The van der Waals surface area contributed by atoms with Crippen LogP contribution in [-0.4, -0.2) is 51.3 Å². The summed E-state index contributed by atoms with van der Waals surface area (Å²) in [6.07, 6.45) is 2.67. The Labute approximate surface area is 192 Å². The number of anilines is 1. The molecule has 1 aliphatic heterocycles. The molecule has 172 valence electrons. The molecule has 0 aromatic heterocycles. The van der Waals surface area contributed by atoms with E-state index in [9.17, 15) is 18.0 Å². The van der Waals surface area contributed by atoms with Gasteiger partial charge in [0.25, 0.3) is 5.91 Å². The lowest BCUT2D eigenvalue weighted by Gasteiger charge is -2.26. The molecule has 0 unspecified atom stereocenters. The zero-order chi connectivity index (χ0) is 23.1. The lowest BCUT2D eigenvalue weighted by molar-refractivity contribution is -0.116. The summed E-state index contributed by atoms with van der Waals surface area (Å²) in [5.74, 6) is -0.429. The SMILES string of the molecule is COc1ccc(S(=O)(=O)N2CCCCC2)cc1NC(=O)CCNC(=O)c1ccccc1Cl. The third-order valence-corrected chi connectivity index (χ3v) is 7.38. The van der Waals surface area contributed by atoms with Crippen molar-refractivity contribution >= 4 is 39.1 Å². The minimum absolute atomic E-state index is 0.0115. The molecule has 0 radical (unpaired) electrons. The number of methoxy groups -OCH3 is 1. The Hall–Kier alpha value is -2.62. The number of carbonyl (C=O) groups excluding carboxylic acids is 2. The first-order chi connectivity index (χ1) is 15.3. The van der Waals surface area contributed by atoms with Crippen LogP contribution < -0.4 is 15.4 Å². The van der Waals surface area contributed by atoms with Crippen molar-refractivity contribution in [2.24, 2.45) is 0 Å². The number of hydrogen-bond donors (Lipinski definition) is 2. The lowest BCUT2D eigenvalue weighted by atomic mass is 10.2. The van der Waals surface area contributed by atoms with Gasteiger partial charge in [0.15, 0.2) is 0 Å². The van der Waals surface area contributed by atoms with E-state index < -0.39 is 15.9 Å². The van der Waals surface area contributed by atoms with Crippen molar-refractivity contribution in [3.63, 3.8) is 0 Å². The van der Waals surface area contributed by atoms with E-state index >= 15 is 0 Å². The zero-order valence-corrected chi connectivity index (χ0v) is 19.3. The van der Waals surface area contributed by atoms with Gasteiger partial charge in [-0.3, -0.25) is 9.59 Å². The summed E-state index contributed by atoms with van der Waals surface area (Å²) in [5.41, 5.74) is 0.583. The maximum Gasteiger partial charge on any atom is 0.252 e. The average Bonchev–Trinajstić information content (AvgIpc) is 2.79. The van der Waals surface area contributed by atoms with E-state index in [0.717, 1.165) is 19.3 Å². The molecule has 0 aliphatic carbocycles. The minimum atomic E-state index is -3.65. The smallest absolute Gasteiger partial charge is 0.252 e. The number of halogens is 1. The molecule has 1 fully saturated rings. The van der Waals surface area contributed by atoms with Crippen LogP contribution in [-0.2, 0) is 14.8 Å². The third kappa shape index (κ3) is 5.79. The second-order valence-corrected chi connectivity index (χ2v) is 9.71. The lowest BCUT2D eigenvalue weighted by Crippen LogP contribution is -2.35. The first-order valence-electron chi connectivity index (χ1n) is 10.3. The Morgan fingerprint density at radius 1 is 1.09 bits per heavy atom. The predicted octanol–water partition coefficient (Wildman–Crippen LogP) is 3.28. The standard InChI is InChI=1S/C22H26ClN3O5S/c1-31-20-10-9-16(32(29,30)26-13-5-2-6-14-26)15-19(20)25-21(27)11-12-24-22(28)17-7-3-4-8-18(17)23/h3-4,7-10,15H,2,5-6,11-14H2,1H3,(H,24,28)(H,25,27). The molecule has 0 saturated carbocycles. The number of hydrogen-bond acceptors (Lipinski definition) is 5. The number of amides is 2. The summed E-state index contributed by atoms with van der Waals surface area (Å²) in [7, 11) is -2.21. The van der Waals surface area contributed by atoms with Gasteiger partial charge in [-0.25, -0.2) is 8.42 Å². The topological polar surface area (TPSA) is 105 Å². The van der Waals surface area contributed by atoms with Crippen LogP contribution in [0, 0.1) is 0 Å². The molecule has 1 saturated heterocycles. The highest BCUT2D eigenvalue weighted by atomic mass is 35.5. The van der Waals surface area contributed by atoms with Crippen LogP contribution in [0.15, 0.2) is 47.4 Å². The fourth-order valence-electron chi connectivity index (χ4n) is 3.44. The molecule has 2 N–H and O–H groups in total.